The summed E-state index contributed by atoms with van der Waals surface area (Å²) in [5.41, 5.74) is 2.34. The smallest absolute Gasteiger partial charge is 0.278 e. The Kier molecular flexibility index (Phi) is 4.05. The lowest BCUT2D eigenvalue weighted by Crippen LogP contribution is -2.14. The molecule has 1 aromatic heterocycles. The van der Waals surface area contributed by atoms with Gasteiger partial charge < -0.3 is 10.1 Å². The first-order chi connectivity index (χ1) is 11.2. The summed E-state index contributed by atoms with van der Waals surface area (Å²) in [5, 5.41) is 11.4. The molecule has 0 unspecified atom stereocenters. The standard InChI is InChI=1S/C17H16N4O2/c1-12-16(20-21(19-12)14-6-4-3-5-7-14)17(22)18-13-8-10-15(23-2)11-9-13/h3-11H,1-2H3,(H,18,22). The molecule has 3 rings (SSSR count). The minimum Gasteiger partial charge on any atom is -0.497 e. The van der Waals surface area contributed by atoms with Gasteiger partial charge >= 0.3 is 0 Å². The molecule has 116 valence electrons. The fourth-order valence-electron chi connectivity index (χ4n) is 2.13. The Bertz CT molecular complexity index is 810. The number of carbonyl (C=O) groups is 1. The van der Waals surface area contributed by atoms with Crippen LogP contribution in [0.5, 0.6) is 5.75 Å². The zero-order valence-corrected chi connectivity index (χ0v) is 12.9. The van der Waals surface area contributed by atoms with Crippen LogP contribution >= 0.6 is 0 Å². The molecule has 0 radical (unpaired) electrons. The number of benzene rings is 2. The lowest BCUT2D eigenvalue weighted by molar-refractivity contribution is 0.102. The number of rotatable bonds is 4. The van der Waals surface area contributed by atoms with E-state index in [1.165, 1.54) is 4.80 Å². The number of amides is 1. The van der Waals surface area contributed by atoms with Gasteiger partial charge in [0.25, 0.3) is 5.91 Å². The highest BCUT2D eigenvalue weighted by molar-refractivity contribution is 6.03. The van der Waals surface area contributed by atoms with Gasteiger partial charge in [-0.15, -0.1) is 5.10 Å². The monoisotopic (exact) mass is 308 g/mol. The van der Waals surface area contributed by atoms with Crippen molar-refractivity contribution in [3.63, 3.8) is 0 Å². The van der Waals surface area contributed by atoms with Crippen LogP contribution in [0.2, 0.25) is 0 Å². The highest BCUT2D eigenvalue weighted by Gasteiger charge is 2.16. The van der Waals surface area contributed by atoms with Crippen LogP contribution in [0.4, 0.5) is 5.69 Å². The fourth-order valence-corrected chi connectivity index (χ4v) is 2.13. The first kappa shape index (κ1) is 14.8. The normalized spacial score (nSPS) is 10.3. The zero-order chi connectivity index (χ0) is 16.2. The minimum atomic E-state index is -0.296. The Balaban J connectivity index is 1.81. The van der Waals surface area contributed by atoms with Crippen LogP contribution in [-0.2, 0) is 0 Å². The molecule has 6 heteroatoms. The second-order valence-electron chi connectivity index (χ2n) is 4.94. The van der Waals surface area contributed by atoms with E-state index in [0.717, 1.165) is 11.4 Å². The van der Waals surface area contributed by atoms with Crippen LogP contribution in [0, 0.1) is 6.92 Å². The van der Waals surface area contributed by atoms with Gasteiger partial charge in [0.15, 0.2) is 5.69 Å². The molecule has 3 aromatic rings. The van der Waals surface area contributed by atoms with Crippen LogP contribution in [-0.4, -0.2) is 28.0 Å². The maximum absolute atomic E-state index is 12.4. The van der Waals surface area contributed by atoms with E-state index in [4.69, 9.17) is 4.74 Å². The van der Waals surface area contributed by atoms with E-state index in [-0.39, 0.29) is 5.91 Å². The van der Waals surface area contributed by atoms with E-state index in [9.17, 15) is 4.79 Å². The van der Waals surface area contributed by atoms with E-state index in [1.807, 2.05) is 30.3 Å². The third-order valence-electron chi connectivity index (χ3n) is 3.33. The van der Waals surface area contributed by atoms with Gasteiger partial charge in [-0.3, -0.25) is 4.79 Å². The van der Waals surface area contributed by atoms with Crippen molar-refractivity contribution < 1.29 is 9.53 Å². The van der Waals surface area contributed by atoms with Crippen LogP contribution in [0.1, 0.15) is 16.2 Å². The maximum Gasteiger partial charge on any atom is 0.278 e. The molecule has 0 aliphatic rings. The average Bonchev–Trinajstić information content (AvgIpc) is 2.98. The first-order valence-electron chi connectivity index (χ1n) is 7.12. The largest absolute Gasteiger partial charge is 0.497 e. The van der Waals surface area contributed by atoms with Crippen molar-refractivity contribution >= 4 is 11.6 Å². The summed E-state index contributed by atoms with van der Waals surface area (Å²) in [6, 6.07) is 16.6. The molecule has 0 aliphatic heterocycles. The molecular weight excluding hydrogens is 292 g/mol. The predicted octanol–water partition coefficient (Wildman–Crippen LogP) is 2.84. The van der Waals surface area contributed by atoms with Crippen molar-refractivity contribution in [1.29, 1.82) is 0 Å². The Morgan fingerprint density at radius 3 is 2.39 bits per heavy atom. The summed E-state index contributed by atoms with van der Waals surface area (Å²) in [7, 11) is 1.60. The number of hydrogen-bond donors (Lipinski definition) is 1. The summed E-state index contributed by atoms with van der Waals surface area (Å²) < 4.78 is 5.09. The van der Waals surface area contributed by atoms with E-state index in [1.54, 1.807) is 38.3 Å². The molecule has 0 atom stereocenters. The third kappa shape index (κ3) is 3.21. The van der Waals surface area contributed by atoms with Gasteiger partial charge in [0.05, 0.1) is 18.5 Å². The van der Waals surface area contributed by atoms with E-state index in [0.29, 0.717) is 17.1 Å². The number of methoxy groups -OCH3 is 1. The summed E-state index contributed by atoms with van der Waals surface area (Å²) in [6.07, 6.45) is 0. The second-order valence-corrected chi connectivity index (χ2v) is 4.94. The fraction of sp³-hybridized carbons (Fsp3) is 0.118. The summed E-state index contributed by atoms with van der Waals surface area (Å²) in [6.45, 7) is 1.76. The predicted molar refractivity (Wildman–Crippen MR) is 87.0 cm³/mol. The number of nitrogens with one attached hydrogen (secondary N) is 1. The van der Waals surface area contributed by atoms with Gasteiger partial charge in [0, 0.05) is 5.69 Å². The molecule has 0 aliphatic carbocycles. The molecule has 0 saturated heterocycles. The number of para-hydroxylation sites is 1. The Hall–Kier alpha value is -3.15. The van der Waals surface area contributed by atoms with Crippen LogP contribution in [0.15, 0.2) is 54.6 Å². The van der Waals surface area contributed by atoms with Crippen LogP contribution < -0.4 is 10.1 Å². The van der Waals surface area contributed by atoms with Crippen molar-refractivity contribution in [3.8, 4) is 11.4 Å². The Morgan fingerprint density at radius 2 is 1.74 bits per heavy atom. The van der Waals surface area contributed by atoms with Crippen LogP contribution in [0.3, 0.4) is 0 Å². The molecule has 1 heterocycles. The van der Waals surface area contributed by atoms with Crippen molar-refractivity contribution in [2.24, 2.45) is 0 Å². The van der Waals surface area contributed by atoms with Gasteiger partial charge in [-0.25, -0.2) is 0 Å². The Morgan fingerprint density at radius 1 is 1.04 bits per heavy atom. The molecule has 0 fully saturated rings. The average molecular weight is 308 g/mol. The van der Waals surface area contributed by atoms with E-state index < -0.39 is 0 Å². The lowest BCUT2D eigenvalue weighted by Gasteiger charge is -2.04. The molecule has 0 bridgehead atoms. The molecule has 6 nitrogen and oxygen atoms in total. The number of nitrogens with zero attached hydrogens (tertiary/aromatic N) is 3. The van der Waals surface area contributed by atoms with Gasteiger partial charge in [0.1, 0.15) is 5.75 Å². The third-order valence-corrected chi connectivity index (χ3v) is 3.33. The molecule has 1 amide bonds. The lowest BCUT2D eigenvalue weighted by atomic mass is 10.2. The Labute approximate surface area is 133 Å². The highest BCUT2D eigenvalue weighted by atomic mass is 16.5. The number of aryl methyl sites for hydroxylation is 1. The van der Waals surface area contributed by atoms with Gasteiger partial charge in [-0.05, 0) is 43.3 Å². The number of anilines is 1. The highest BCUT2D eigenvalue weighted by Crippen LogP contribution is 2.16. The molecule has 0 saturated carbocycles. The van der Waals surface area contributed by atoms with Crippen molar-refractivity contribution in [2.45, 2.75) is 6.92 Å². The van der Waals surface area contributed by atoms with Gasteiger partial charge in [0.2, 0.25) is 0 Å². The zero-order valence-electron chi connectivity index (χ0n) is 12.9. The van der Waals surface area contributed by atoms with Crippen LogP contribution in [0.25, 0.3) is 5.69 Å². The quantitative estimate of drug-likeness (QED) is 0.804. The van der Waals surface area contributed by atoms with E-state index >= 15 is 0 Å². The molecule has 2 aromatic carbocycles. The minimum absolute atomic E-state index is 0.296. The SMILES string of the molecule is COc1ccc(NC(=O)c2nn(-c3ccccc3)nc2C)cc1. The number of ether oxygens (including phenoxy) is 1. The number of aromatic nitrogens is 3. The number of carbonyl (C=O) groups excluding carboxylic acids is 1. The van der Waals surface area contributed by atoms with Crippen molar-refractivity contribution in [1.82, 2.24) is 15.0 Å². The number of hydrogen-bond acceptors (Lipinski definition) is 4. The van der Waals surface area contributed by atoms with Crippen molar-refractivity contribution in [3.05, 3.63) is 66.0 Å². The van der Waals surface area contributed by atoms with Crippen molar-refractivity contribution in [2.75, 3.05) is 12.4 Å². The summed E-state index contributed by atoms with van der Waals surface area (Å²) >= 11 is 0. The molecular formula is C17H16N4O2. The summed E-state index contributed by atoms with van der Waals surface area (Å²) in [4.78, 5) is 13.8. The summed E-state index contributed by atoms with van der Waals surface area (Å²) in [5.74, 6) is 0.434. The topological polar surface area (TPSA) is 69.0 Å². The molecule has 23 heavy (non-hydrogen) atoms. The van der Waals surface area contributed by atoms with E-state index in [2.05, 4.69) is 15.5 Å². The van der Waals surface area contributed by atoms with Gasteiger partial charge in [-0.1, -0.05) is 18.2 Å². The molecule has 1 N–H and O–H groups in total. The second kappa shape index (κ2) is 6.31. The first-order valence-corrected chi connectivity index (χ1v) is 7.12. The van der Waals surface area contributed by atoms with Gasteiger partial charge in [-0.2, -0.15) is 9.90 Å². The maximum atomic E-state index is 12.4. The molecule has 0 spiro atoms.